The Kier molecular flexibility index (Phi) is 8.05. The second-order valence-electron chi connectivity index (χ2n) is 9.53. The van der Waals surface area contributed by atoms with Gasteiger partial charge in [0.2, 0.25) is 0 Å². The fraction of sp³-hybridized carbons (Fsp3) is 0. The highest BCUT2D eigenvalue weighted by molar-refractivity contribution is 14.1. The molecule has 0 atom stereocenters. The van der Waals surface area contributed by atoms with Crippen molar-refractivity contribution in [2.45, 2.75) is 19.6 Å². The molecule has 0 spiro atoms. The van der Waals surface area contributed by atoms with Gasteiger partial charge < -0.3 is 0 Å². The lowest BCUT2D eigenvalue weighted by atomic mass is 10.1. The highest BCUT2D eigenvalue weighted by Gasteiger charge is 2.13. The Labute approximate surface area is 269 Å². The van der Waals surface area contributed by atoms with Crippen molar-refractivity contribution in [3.63, 3.8) is 0 Å². The molecule has 0 radical (unpaired) electrons. The molecular formula is C36H23IS4. The summed E-state index contributed by atoms with van der Waals surface area (Å²) >= 11 is 9.88. The Morgan fingerprint density at radius 3 is 1.59 bits per heavy atom. The molecule has 0 fully saturated rings. The summed E-state index contributed by atoms with van der Waals surface area (Å²) < 4.78 is 4.10. The minimum atomic E-state index is 1.29. The molecule has 0 aliphatic heterocycles. The Morgan fingerprint density at radius 2 is 0.976 bits per heavy atom. The summed E-state index contributed by atoms with van der Waals surface area (Å²) in [6.07, 6.45) is 0. The fourth-order valence-electron chi connectivity index (χ4n) is 4.82. The maximum atomic E-state index is 2.47. The van der Waals surface area contributed by atoms with Crippen LogP contribution in [0.3, 0.4) is 0 Å². The van der Waals surface area contributed by atoms with Gasteiger partial charge in [-0.3, -0.25) is 0 Å². The molecule has 2 aromatic heterocycles. The van der Waals surface area contributed by atoms with Crippen LogP contribution in [-0.4, -0.2) is 0 Å². The molecule has 2 heterocycles. The molecule has 0 amide bonds. The minimum absolute atomic E-state index is 1.29. The summed E-state index contributed by atoms with van der Waals surface area (Å²) in [6, 6.07) is 47.6. The van der Waals surface area contributed by atoms with Crippen LogP contribution in [0, 0.1) is 2.88 Å². The summed E-state index contributed by atoms with van der Waals surface area (Å²) in [5.74, 6) is 0. The van der Waals surface area contributed by atoms with E-state index < -0.39 is 0 Å². The van der Waals surface area contributed by atoms with Crippen LogP contribution >= 0.6 is 68.8 Å². The van der Waals surface area contributed by atoms with Crippen molar-refractivity contribution in [1.29, 1.82) is 0 Å². The summed E-state index contributed by atoms with van der Waals surface area (Å²) in [5.41, 5.74) is 0. The molecule has 0 aliphatic rings. The van der Waals surface area contributed by atoms with E-state index >= 15 is 0 Å². The van der Waals surface area contributed by atoms with Crippen molar-refractivity contribution >= 4 is 111 Å². The van der Waals surface area contributed by atoms with E-state index in [4.69, 9.17) is 0 Å². The van der Waals surface area contributed by atoms with Gasteiger partial charge in [0.25, 0.3) is 0 Å². The van der Waals surface area contributed by atoms with Crippen LogP contribution in [0.4, 0.5) is 0 Å². The predicted octanol–water partition coefficient (Wildman–Crippen LogP) is 13.0. The lowest BCUT2D eigenvalue weighted by Crippen LogP contribution is -1.75. The second-order valence-corrected chi connectivity index (χ2v) is 15.5. The van der Waals surface area contributed by atoms with Gasteiger partial charge in [0, 0.05) is 45.1 Å². The molecule has 0 N–H and O–H groups in total. The molecule has 0 saturated heterocycles. The largest absolute Gasteiger partial charge is 0.143 e. The predicted molar refractivity (Wildman–Crippen MR) is 193 cm³/mol. The highest BCUT2D eigenvalue weighted by atomic mass is 127. The summed E-state index contributed by atoms with van der Waals surface area (Å²) in [4.78, 5) is 5.32. The third-order valence-corrected chi connectivity index (χ3v) is 12.7. The van der Waals surface area contributed by atoms with Gasteiger partial charge >= 0.3 is 0 Å². The quantitative estimate of drug-likeness (QED) is 0.167. The third kappa shape index (κ3) is 5.92. The molecule has 5 heteroatoms. The average molecular weight is 711 g/mol. The first kappa shape index (κ1) is 27.0. The molecule has 0 aliphatic carbocycles. The third-order valence-electron chi connectivity index (χ3n) is 6.81. The second kappa shape index (κ2) is 12.2. The number of rotatable bonds is 4. The smallest absolute Gasteiger partial charge is 0.0805 e. The Bertz CT molecular complexity index is 2110. The van der Waals surface area contributed by atoms with Crippen LogP contribution in [0.2, 0.25) is 0 Å². The van der Waals surface area contributed by atoms with Crippen LogP contribution in [0.25, 0.3) is 41.7 Å². The molecule has 41 heavy (non-hydrogen) atoms. The van der Waals surface area contributed by atoms with Crippen LogP contribution in [0.1, 0.15) is 0 Å². The van der Waals surface area contributed by atoms with E-state index in [1.54, 1.807) is 0 Å². The van der Waals surface area contributed by atoms with E-state index in [0.29, 0.717) is 0 Å². The van der Waals surface area contributed by atoms with Crippen LogP contribution < -0.4 is 0 Å². The van der Waals surface area contributed by atoms with Gasteiger partial charge in [0.05, 0.1) is 2.88 Å². The van der Waals surface area contributed by atoms with Gasteiger partial charge in [-0.25, -0.2) is 0 Å². The van der Waals surface area contributed by atoms with Crippen molar-refractivity contribution in [1.82, 2.24) is 0 Å². The molecule has 198 valence electrons. The van der Waals surface area contributed by atoms with Gasteiger partial charge in [-0.1, -0.05) is 108 Å². The molecular weight excluding hydrogens is 688 g/mol. The van der Waals surface area contributed by atoms with Crippen molar-refractivity contribution in [3.05, 3.63) is 142 Å². The molecule has 0 bridgehead atoms. The standard InChI is InChI=1S/C18H11IS2.C18H12S2/c19-18-17(20-14-8-2-1-3-9-14)15-10-12-6-4-5-7-13(12)11-16(15)21-18;1-2-8-15(9-3-1)20-18-12-19-17-11-14-7-5-4-6-13(14)10-16(17)18/h1-11H;1-12H. The Balaban J connectivity index is 0.000000135. The van der Waals surface area contributed by atoms with Gasteiger partial charge in [-0.05, 0) is 92.7 Å². The first-order valence-corrected chi connectivity index (χ1v) is 17.6. The molecule has 6 aromatic carbocycles. The Morgan fingerprint density at radius 1 is 0.488 bits per heavy atom. The number of thiophene rings is 2. The Hall–Kier alpha value is -2.81. The van der Waals surface area contributed by atoms with E-state index in [0.717, 1.165) is 0 Å². The number of fused-ring (bicyclic) bond motifs is 4. The molecule has 8 aromatic rings. The van der Waals surface area contributed by atoms with E-state index in [2.05, 4.69) is 161 Å². The number of hydrogen-bond donors (Lipinski definition) is 0. The fourth-order valence-corrected chi connectivity index (χ4v) is 10.3. The highest BCUT2D eigenvalue weighted by Crippen LogP contribution is 2.43. The van der Waals surface area contributed by atoms with E-state index in [1.165, 1.54) is 64.2 Å². The monoisotopic (exact) mass is 710 g/mol. The van der Waals surface area contributed by atoms with Gasteiger partial charge in [-0.2, -0.15) is 0 Å². The maximum Gasteiger partial charge on any atom is 0.0805 e. The number of hydrogen-bond acceptors (Lipinski definition) is 4. The van der Waals surface area contributed by atoms with Crippen molar-refractivity contribution in [2.75, 3.05) is 0 Å². The minimum Gasteiger partial charge on any atom is -0.143 e. The zero-order valence-corrected chi connectivity index (χ0v) is 27.2. The normalized spacial score (nSPS) is 11.2. The molecule has 0 unspecified atom stereocenters. The zero-order valence-electron chi connectivity index (χ0n) is 21.8. The van der Waals surface area contributed by atoms with E-state index in [-0.39, 0.29) is 0 Å². The van der Waals surface area contributed by atoms with Gasteiger partial charge in [0.1, 0.15) is 0 Å². The summed E-state index contributed by atoms with van der Waals surface area (Å²) in [7, 11) is 0. The average Bonchev–Trinajstić information content (AvgIpc) is 3.54. The van der Waals surface area contributed by atoms with Crippen molar-refractivity contribution in [2.24, 2.45) is 0 Å². The van der Waals surface area contributed by atoms with Gasteiger partial charge in [0.15, 0.2) is 0 Å². The van der Waals surface area contributed by atoms with Crippen molar-refractivity contribution in [3.8, 4) is 0 Å². The van der Waals surface area contributed by atoms with Crippen LogP contribution in [0.15, 0.2) is 158 Å². The SMILES string of the molecule is Ic1sc2cc3ccccc3cc2c1Sc1ccccc1.c1ccc(Sc2csc3cc4ccccc4cc23)cc1. The lowest BCUT2D eigenvalue weighted by molar-refractivity contribution is 1.44. The van der Waals surface area contributed by atoms with Crippen LogP contribution in [-0.2, 0) is 0 Å². The summed E-state index contributed by atoms with van der Waals surface area (Å²) in [5, 5.41) is 10.3. The number of halogens is 1. The van der Waals surface area contributed by atoms with E-state index in [1.807, 2.05) is 46.2 Å². The summed E-state index contributed by atoms with van der Waals surface area (Å²) in [6.45, 7) is 0. The van der Waals surface area contributed by atoms with Crippen LogP contribution in [0.5, 0.6) is 0 Å². The molecule has 0 nitrogen and oxygen atoms in total. The number of benzene rings is 6. The van der Waals surface area contributed by atoms with Crippen molar-refractivity contribution < 1.29 is 0 Å². The van der Waals surface area contributed by atoms with Gasteiger partial charge in [-0.15, -0.1) is 22.7 Å². The molecule has 8 rings (SSSR count). The topological polar surface area (TPSA) is 0 Å². The first-order chi connectivity index (χ1) is 20.2. The molecule has 0 saturated carbocycles. The maximum absolute atomic E-state index is 2.47. The zero-order chi connectivity index (χ0) is 27.6. The van der Waals surface area contributed by atoms with E-state index in [9.17, 15) is 0 Å². The lowest BCUT2D eigenvalue weighted by Gasteiger charge is -2.02. The first-order valence-electron chi connectivity index (χ1n) is 13.2.